The van der Waals surface area contributed by atoms with E-state index in [0.29, 0.717) is 11.3 Å². The Labute approximate surface area is 190 Å². The van der Waals surface area contributed by atoms with Gasteiger partial charge in [-0.3, -0.25) is 9.69 Å². The topological polar surface area (TPSA) is 69.7 Å². The van der Waals surface area contributed by atoms with E-state index in [0.717, 1.165) is 56.6 Å². The summed E-state index contributed by atoms with van der Waals surface area (Å²) in [6, 6.07) is 15.6. The van der Waals surface area contributed by atoms with Gasteiger partial charge in [-0.15, -0.1) is 0 Å². The zero-order chi connectivity index (χ0) is 22.3. The SMILES string of the molecule is C[C@@H]1Cc2cc(S(=O)(=O)NC3CCN(Cc4ccccc4)CC3)ccc2N1C(=O)C1CC1. The minimum atomic E-state index is -3.59. The minimum absolute atomic E-state index is 0.0489. The van der Waals surface area contributed by atoms with Crippen LogP contribution >= 0.6 is 0 Å². The molecule has 1 aliphatic carbocycles. The molecule has 32 heavy (non-hydrogen) atoms. The van der Waals surface area contributed by atoms with Gasteiger partial charge in [0, 0.05) is 43.3 Å². The van der Waals surface area contributed by atoms with Gasteiger partial charge in [0.2, 0.25) is 15.9 Å². The first kappa shape index (κ1) is 21.6. The summed E-state index contributed by atoms with van der Waals surface area (Å²) in [7, 11) is -3.59. The van der Waals surface area contributed by atoms with Gasteiger partial charge in [-0.25, -0.2) is 13.1 Å². The van der Waals surface area contributed by atoms with Crippen LogP contribution in [0.1, 0.15) is 43.7 Å². The van der Waals surface area contributed by atoms with Crippen LogP contribution in [0, 0.1) is 5.92 Å². The molecule has 6 nitrogen and oxygen atoms in total. The van der Waals surface area contributed by atoms with Gasteiger partial charge in [0.25, 0.3) is 0 Å². The predicted molar refractivity (Wildman–Crippen MR) is 125 cm³/mol. The van der Waals surface area contributed by atoms with Crippen molar-refractivity contribution in [2.24, 2.45) is 5.92 Å². The molecule has 7 heteroatoms. The van der Waals surface area contributed by atoms with Crippen LogP contribution in [0.2, 0.25) is 0 Å². The lowest BCUT2D eigenvalue weighted by Gasteiger charge is -2.32. The van der Waals surface area contributed by atoms with Gasteiger partial charge in [-0.05, 0) is 68.4 Å². The second-order valence-corrected chi connectivity index (χ2v) is 11.2. The van der Waals surface area contributed by atoms with E-state index < -0.39 is 10.0 Å². The van der Waals surface area contributed by atoms with Crippen molar-refractivity contribution in [1.29, 1.82) is 0 Å². The van der Waals surface area contributed by atoms with Crippen molar-refractivity contribution in [3.8, 4) is 0 Å². The van der Waals surface area contributed by atoms with E-state index in [-0.39, 0.29) is 23.9 Å². The summed E-state index contributed by atoms with van der Waals surface area (Å²) in [6.07, 6.45) is 4.25. The first-order chi connectivity index (χ1) is 15.4. The van der Waals surface area contributed by atoms with E-state index in [2.05, 4.69) is 33.9 Å². The van der Waals surface area contributed by atoms with E-state index >= 15 is 0 Å². The molecule has 2 aromatic carbocycles. The molecular formula is C25H31N3O3S. The molecule has 2 fully saturated rings. The van der Waals surface area contributed by atoms with Crippen LogP contribution in [-0.2, 0) is 27.8 Å². The highest BCUT2D eigenvalue weighted by Crippen LogP contribution is 2.39. The zero-order valence-electron chi connectivity index (χ0n) is 18.5. The summed E-state index contributed by atoms with van der Waals surface area (Å²) in [6.45, 7) is 4.69. The molecule has 2 heterocycles. The highest BCUT2D eigenvalue weighted by Gasteiger charge is 2.40. The van der Waals surface area contributed by atoms with Crippen LogP contribution in [0.5, 0.6) is 0 Å². The largest absolute Gasteiger partial charge is 0.309 e. The van der Waals surface area contributed by atoms with Crippen LogP contribution in [0.4, 0.5) is 5.69 Å². The number of likely N-dealkylation sites (tertiary alicyclic amines) is 1. The summed E-state index contributed by atoms with van der Waals surface area (Å²) in [5, 5.41) is 0. The Bertz CT molecular complexity index is 1090. The number of benzene rings is 2. The van der Waals surface area contributed by atoms with Gasteiger partial charge in [-0.2, -0.15) is 0 Å². The first-order valence-corrected chi connectivity index (χ1v) is 13.1. The van der Waals surface area contributed by atoms with Crippen molar-refractivity contribution in [1.82, 2.24) is 9.62 Å². The monoisotopic (exact) mass is 453 g/mol. The van der Waals surface area contributed by atoms with E-state index in [1.54, 1.807) is 12.1 Å². The van der Waals surface area contributed by atoms with Gasteiger partial charge in [0.1, 0.15) is 0 Å². The molecule has 2 aromatic rings. The quantitative estimate of drug-likeness (QED) is 0.729. The number of fused-ring (bicyclic) bond motifs is 1. The summed E-state index contributed by atoms with van der Waals surface area (Å²) in [5.74, 6) is 0.341. The summed E-state index contributed by atoms with van der Waals surface area (Å²) >= 11 is 0. The summed E-state index contributed by atoms with van der Waals surface area (Å²) < 4.78 is 29.1. The van der Waals surface area contributed by atoms with Crippen LogP contribution < -0.4 is 9.62 Å². The molecule has 0 radical (unpaired) electrons. The Hall–Kier alpha value is -2.22. The Morgan fingerprint density at radius 3 is 2.44 bits per heavy atom. The Balaban J connectivity index is 1.22. The highest BCUT2D eigenvalue weighted by molar-refractivity contribution is 7.89. The molecule has 1 amide bonds. The molecule has 1 saturated heterocycles. The third-order valence-electron chi connectivity index (χ3n) is 6.90. The smallest absolute Gasteiger partial charge is 0.240 e. The standard InChI is InChI=1S/C25H31N3O3S/c1-18-15-21-16-23(9-10-24(21)28(18)25(29)20-7-8-20)32(30,31)26-22-11-13-27(14-12-22)17-19-5-3-2-4-6-19/h2-6,9-10,16,18,20,22,26H,7-8,11-15,17H2,1H3/t18-/m1/s1. The number of carbonyl (C=O) groups is 1. The molecule has 1 saturated carbocycles. The molecule has 1 N–H and O–H groups in total. The molecule has 1 atom stereocenters. The maximum absolute atomic E-state index is 13.1. The number of nitrogens with zero attached hydrogens (tertiary/aromatic N) is 2. The normalized spacial score (nSPS) is 22.2. The second-order valence-electron chi connectivity index (χ2n) is 9.48. The van der Waals surface area contributed by atoms with Gasteiger partial charge >= 0.3 is 0 Å². The van der Waals surface area contributed by atoms with E-state index in [1.165, 1.54) is 5.56 Å². The van der Waals surface area contributed by atoms with E-state index in [9.17, 15) is 13.2 Å². The number of sulfonamides is 1. The molecule has 170 valence electrons. The minimum Gasteiger partial charge on any atom is -0.309 e. The molecule has 0 bridgehead atoms. The van der Waals surface area contributed by atoms with Gasteiger partial charge < -0.3 is 4.90 Å². The van der Waals surface area contributed by atoms with Gasteiger partial charge in [0.05, 0.1) is 4.90 Å². The zero-order valence-corrected chi connectivity index (χ0v) is 19.4. The Kier molecular flexibility index (Phi) is 5.82. The lowest BCUT2D eigenvalue weighted by atomic mass is 10.1. The van der Waals surface area contributed by atoms with Crippen molar-refractivity contribution in [2.45, 2.75) is 62.6 Å². The fourth-order valence-corrected chi connectivity index (χ4v) is 6.33. The average molecular weight is 454 g/mol. The lowest BCUT2D eigenvalue weighted by molar-refractivity contribution is -0.120. The van der Waals surface area contributed by atoms with Crippen LogP contribution in [0.15, 0.2) is 53.4 Å². The van der Waals surface area contributed by atoms with Crippen molar-refractivity contribution in [3.05, 3.63) is 59.7 Å². The second kappa shape index (κ2) is 8.61. The van der Waals surface area contributed by atoms with Crippen molar-refractivity contribution >= 4 is 21.6 Å². The van der Waals surface area contributed by atoms with Crippen molar-refractivity contribution in [3.63, 3.8) is 0 Å². The van der Waals surface area contributed by atoms with Crippen LogP contribution in [0.3, 0.4) is 0 Å². The molecule has 5 rings (SSSR count). The number of hydrogen-bond acceptors (Lipinski definition) is 4. The fourth-order valence-electron chi connectivity index (χ4n) is 4.98. The summed E-state index contributed by atoms with van der Waals surface area (Å²) in [4.78, 5) is 17.2. The van der Waals surface area contributed by atoms with E-state index in [1.807, 2.05) is 24.0 Å². The fraction of sp³-hybridized carbons (Fsp3) is 0.480. The van der Waals surface area contributed by atoms with Crippen molar-refractivity contribution in [2.75, 3.05) is 18.0 Å². The molecule has 0 spiro atoms. The number of nitrogens with one attached hydrogen (secondary N) is 1. The Morgan fingerprint density at radius 1 is 1.03 bits per heavy atom. The summed E-state index contributed by atoms with van der Waals surface area (Å²) in [5.41, 5.74) is 3.11. The maximum atomic E-state index is 13.1. The number of hydrogen-bond donors (Lipinski definition) is 1. The van der Waals surface area contributed by atoms with Crippen LogP contribution in [-0.4, -0.2) is 44.4 Å². The van der Waals surface area contributed by atoms with Gasteiger partial charge in [0.15, 0.2) is 0 Å². The third-order valence-corrected chi connectivity index (χ3v) is 8.42. The molecule has 2 aliphatic heterocycles. The number of piperidine rings is 1. The van der Waals surface area contributed by atoms with E-state index in [4.69, 9.17) is 0 Å². The molecule has 3 aliphatic rings. The average Bonchev–Trinajstić information content (AvgIpc) is 3.57. The van der Waals surface area contributed by atoms with Crippen molar-refractivity contribution < 1.29 is 13.2 Å². The number of carbonyl (C=O) groups excluding carboxylic acids is 1. The Morgan fingerprint density at radius 2 is 1.75 bits per heavy atom. The van der Waals surface area contributed by atoms with Gasteiger partial charge in [-0.1, -0.05) is 30.3 Å². The number of amides is 1. The first-order valence-electron chi connectivity index (χ1n) is 11.7. The molecule has 0 aromatic heterocycles. The lowest BCUT2D eigenvalue weighted by Crippen LogP contribution is -2.44. The number of anilines is 1. The third kappa shape index (κ3) is 4.47. The predicted octanol–water partition coefficient (Wildman–Crippen LogP) is 3.32. The van der Waals surface area contributed by atoms with Crippen LogP contribution in [0.25, 0.3) is 0 Å². The molecule has 0 unspecified atom stereocenters. The maximum Gasteiger partial charge on any atom is 0.240 e. The number of rotatable bonds is 6. The molecular weight excluding hydrogens is 422 g/mol. The highest BCUT2D eigenvalue weighted by atomic mass is 32.2.